The van der Waals surface area contributed by atoms with Gasteiger partial charge >= 0.3 is 11.9 Å². The molecule has 0 radical (unpaired) electrons. The van der Waals surface area contributed by atoms with Gasteiger partial charge in [0.25, 0.3) is 0 Å². The monoisotopic (exact) mass is 246 g/mol. The molecule has 0 rings (SSSR count). The number of nitrogens with one attached hydrogen (secondary N) is 1. The summed E-state index contributed by atoms with van der Waals surface area (Å²) in [5.74, 6) is -3.58. The Labute approximate surface area is 99.3 Å². The molecular weight excluding hydrogens is 228 g/mol. The van der Waals surface area contributed by atoms with E-state index in [2.05, 4.69) is 10.1 Å². The maximum absolute atomic E-state index is 11.3. The predicted octanol–water partition coefficient (Wildman–Crippen LogP) is -0.752. The molecule has 0 aliphatic carbocycles. The second-order valence-electron chi connectivity index (χ2n) is 3.51. The molecule has 7 nitrogen and oxygen atoms in total. The fourth-order valence-corrected chi connectivity index (χ4v) is 1.02. The zero-order chi connectivity index (χ0) is 13.3. The minimum absolute atomic E-state index is 0.440. The molecule has 7 heteroatoms. The molecule has 0 spiro atoms. The minimum Gasteiger partial charge on any atom is -0.473 e. The van der Waals surface area contributed by atoms with Gasteiger partial charge in [-0.25, -0.2) is 9.59 Å². The molecule has 0 unspecified atom stereocenters. The van der Waals surface area contributed by atoms with Crippen LogP contribution in [0, 0.1) is 0 Å². The molecule has 0 saturated heterocycles. The molecule has 1 atom stereocenters. The summed E-state index contributed by atoms with van der Waals surface area (Å²) in [5.41, 5.74) is 5.40. The van der Waals surface area contributed by atoms with Crippen molar-refractivity contribution in [1.82, 2.24) is 5.32 Å². The van der Waals surface area contributed by atoms with Crippen LogP contribution in [0.4, 0.5) is 0 Å². The Morgan fingerprint density at radius 3 is 2.53 bits per heavy atom. The molecule has 0 fully saturated rings. The number of rotatable bonds is 7. The number of ether oxygens (including phenoxy) is 1. The van der Waals surface area contributed by atoms with Crippen LogP contribution < -0.4 is 11.1 Å². The number of aliphatic carboxylic acids is 1. The molecule has 0 aliphatic rings. The van der Waals surface area contributed by atoms with Crippen LogP contribution in [0.3, 0.4) is 0 Å². The quantitative estimate of drug-likeness (QED) is 0.309. The van der Waals surface area contributed by atoms with Crippen LogP contribution >= 0.6 is 0 Å². The predicted molar refractivity (Wildman–Crippen MR) is 59.1 cm³/mol. The number of carboxylic acids is 1. The average molecular weight is 246 g/mol. The number of carbonyl (C=O) groups is 3. The number of nitrogens with two attached hydrogens (primary N) is 1. The molecule has 0 saturated carbocycles. The van der Waals surface area contributed by atoms with Crippen molar-refractivity contribution in [2.24, 2.45) is 5.73 Å². The summed E-state index contributed by atoms with van der Waals surface area (Å²) in [6, 6.07) is -1.04. The van der Waals surface area contributed by atoms with Crippen LogP contribution in [0.2, 0.25) is 0 Å². The van der Waals surface area contributed by atoms with E-state index in [1.807, 2.05) is 6.92 Å². The zero-order valence-electron chi connectivity index (χ0n) is 9.77. The highest BCUT2D eigenvalue weighted by molar-refractivity contribution is 6.28. The lowest BCUT2D eigenvalue weighted by Gasteiger charge is -2.11. The second kappa shape index (κ2) is 8.51. The largest absolute Gasteiger partial charge is 0.473 e. The van der Waals surface area contributed by atoms with E-state index < -0.39 is 30.5 Å². The summed E-state index contributed by atoms with van der Waals surface area (Å²) in [6.45, 7) is 2.11. The molecule has 0 aromatic carbocycles. The minimum atomic E-state index is -1.71. The lowest BCUT2D eigenvalue weighted by molar-refractivity contribution is -0.164. The average Bonchev–Trinajstić information content (AvgIpc) is 2.30. The summed E-state index contributed by atoms with van der Waals surface area (Å²) >= 11 is 0. The molecule has 0 aliphatic heterocycles. The number of amides is 1. The van der Waals surface area contributed by atoms with Crippen LogP contribution in [0.1, 0.15) is 26.2 Å². The van der Waals surface area contributed by atoms with Gasteiger partial charge in [0, 0.05) is 6.54 Å². The fourth-order valence-electron chi connectivity index (χ4n) is 1.02. The third kappa shape index (κ3) is 7.29. The van der Waals surface area contributed by atoms with Crippen molar-refractivity contribution in [2.75, 3.05) is 13.2 Å². The standard InChI is InChI=1S/C10H18N2O5/c1-2-3-4-5-12-8(13)7(11)6-17-10(16)9(14)15/h7H,2-6,11H2,1H3,(H,12,13)(H,14,15)/t7-/m0/s1. The van der Waals surface area contributed by atoms with Crippen LogP contribution in [0.15, 0.2) is 0 Å². The summed E-state index contributed by atoms with van der Waals surface area (Å²) < 4.78 is 4.29. The normalized spacial score (nSPS) is 11.6. The van der Waals surface area contributed by atoms with Crippen molar-refractivity contribution < 1.29 is 24.2 Å². The molecule has 17 heavy (non-hydrogen) atoms. The number of hydrogen-bond acceptors (Lipinski definition) is 5. The first kappa shape index (κ1) is 15.4. The molecule has 1 amide bonds. The van der Waals surface area contributed by atoms with Gasteiger partial charge in [0.2, 0.25) is 5.91 Å². The van der Waals surface area contributed by atoms with E-state index in [1.165, 1.54) is 0 Å². The molecule has 0 bridgehead atoms. The number of carboxylic acid groups (broad SMARTS) is 1. The third-order valence-electron chi connectivity index (χ3n) is 1.98. The molecular formula is C10H18N2O5. The van der Waals surface area contributed by atoms with E-state index in [0.717, 1.165) is 19.3 Å². The Morgan fingerprint density at radius 2 is 2.00 bits per heavy atom. The molecule has 4 N–H and O–H groups in total. The number of esters is 1. The third-order valence-corrected chi connectivity index (χ3v) is 1.98. The first-order valence-electron chi connectivity index (χ1n) is 5.42. The van der Waals surface area contributed by atoms with E-state index in [1.54, 1.807) is 0 Å². The van der Waals surface area contributed by atoms with Crippen LogP contribution in [-0.4, -0.2) is 42.1 Å². The van der Waals surface area contributed by atoms with Gasteiger partial charge in [-0.1, -0.05) is 19.8 Å². The summed E-state index contributed by atoms with van der Waals surface area (Å²) in [4.78, 5) is 32.0. The van der Waals surface area contributed by atoms with Gasteiger partial charge in [-0.15, -0.1) is 0 Å². The van der Waals surface area contributed by atoms with E-state index in [9.17, 15) is 14.4 Å². The number of unbranched alkanes of at least 4 members (excludes halogenated alkanes) is 2. The Balaban J connectivity index is 3.74. The lowest BCUT2D eigenvalue weighted by atomic mass is 10.2. The summed E-state index contributed by atoms with van der Waals surface area (Å²) in [6.07, 6.45) is 2.89. The Bertz CT molecular complexity index is 280. The van der Waals surface area contributed by atoms with Gasteiger partial charge in [-0.05, 0) is 6.42 Å². The van der Waals surface area contributed by atoms with Crippen molar-refractivity contribution in [1.29, 1.82) is 0 Å². The van der Waals surface area contributed by atoms with E-state index >= 15 is 0 Å². The summed E-state index contributed by atoms with van der Waals surface area (Å²) in [5, 5.41) is 10.8. The highest BCUT2D eigenvalue weighted by atomic mass is 16.6. The second-order valence-corrected chi connectivity index (χ2v) is 3.51. The van der Waals surface area contributed by atoms with Crippen molar-refractivity contribution in [3.63, 3.8) is 0 Å². The summed E-state index contributed by atoms with van der Waals surface area (Å²) in [7, 11) is 0. The fraction of sp³-hybridized carbons (Fsp3) is 0.700. The van der Waals surface area contributed by atoms with Gasteiger partial charge in [0.15, 0.2) is 0 Å². The molecule has 0 heterocycles. The van der Waals surface area contributed by atoms with Crippen LogP contribution in [-0.2, 0) is 19.1 Å². The number of carbonyl (C=O) groups excluding carboxylic acids is 2. The molecule has 98 valence electrons. The van der Waals surface area contributed by atoms with Crippen molar-refractivity contribution in [3.05, 3.63) is 0 Å². The van der Waals surface area contributed by atoms with Crippen LogP contribution in [0.5, 0.6) is 0 Å². The Kier molecular flexibility index (Phi) is 7.70. The van der Waals surface area contributed by atoms with Gasteiger partial charge in [-0.3, -0.25) is 4.79 Å². The number of hydrogen-bond donors (Lipinski definition) is 3. The first-order chi connectivity index (χ1) is 7.99. The van der Waals surface area contributed by atoms with Gasteiger partial charge in [-0.2, -0.15) is 0 Å². The molecule has 0 aromatic rings. The lowest BCUT2D eigenvalue weighted by Crippen LogP contribution is -2.44. The van der Waals surface area contributed by atoms with Crippen molar-refractivity contribution in [3.8, 4) is 0 Å². The maximum Gasteiger partial charge on any atom is 0.417 e. The SMILES string of the molecule is CCCCCNC(=O)[C@@H](N)COC(=O)C(=O)O. The topological polar surface area (TPSA) is 119 Å². The van der Waals surface area contributed by atoms with E-state index in [-0.39, 0.29) is 0 Å². The highest BCUT2D eigenvalue weighted by Crippen LogP contribution is 1.92. The highest BCUT2D eigenvalue weighted by Gasteiger charge is 2.18. The first-order valence-corrected chi connectivity index (χ1v) is 5.42. The van der Waals surface area contributed by atoms with Gasteiger partial charge in [0.1, 0.15) is 12.6 Å². The Hall–Kier alpha value is -1.63. The van der Waals surface area contributed by atoms with E-state index in [4.69, 9.17) is 10.8 Å². The smallest absolute Gasteiger partial charge is 0.417 e. The Morgan fingerprint density at radius 1 is 1.35 bits per heavy atom. The van der Waals surface area contributed by atoms with Gasteiger partial charge in [0.05, 0.1) is 0 Å². The van der Waals surface area contributed by atoms with Crippen LogP contribution in [0.25, 0.3) is 0 Å². The van der Waals surface area contributed by atoms with Crippen molar-refractivity contribution >= 4 is 17.8 Å². The zero-order valence-corrected chi connectivity index (χ0v) is 9.77. The molecule has 0 aromatic heterocycles. The van der Waals surface area contributed by atoms with Crippen molar-refractivity contribution in [2.45, 2.75) is 32.2 Å². The van der Waals surface area contributed by atoms with E-state index in [0.29, 0.717) is 6.54 Å². The van der Waals surface area contributed by atoms with Gasteiger partial charge < -0.3 is 20.9 Å². The maximum atomic E-state index is 11.3.